The number of nitrogens with one attached hydrogen (secondary N) is 1. The summed E-state index contributed by atoms with van der Waals surface area (Å²) in [5.41, 5.74) is 1.29. The summed E-state index contributed by atoms with van der Waals surface area (Å²) in [6.07, 6.45) is 0.658. The Labute approximate surface area is 131 Å². The van der Waals surface area contributed by atoms with Crippen molar-refractivity contribution in [3.8, 4) is 6.07 Å². The Bertz CT molecular complexity index is 779. The van der Waals surface area contributed by atoms with Crippen LogP contribution in [0.3, 0.4) is 0 Å². The molecule has 110 valence electrons. The molecule has 0 amide bonds. The number of rotatable bonds is 5. The minimum Gasteiger partial charge on any atom is -0.374 e. The molecule has 0 bridgehead atoms. The van der Waals surface area contributed by atoms with Crippen LogP contribution in [0, 0.1) is 11.3 Å². The number of primary sulfonamides is 1. The van der Waals surface area contributed by atoms with Crippen molar-refractivity contribution in [1.29, 1.82) is 5.26 Å². The Morgan fingerprint density at radius 1 is 1.38 bits per heavy atom. The summed E-state index contributed by atoms with van der Waals surface area (Å²) in [6, 6.07) is 8.33. The summed E-state index contributed by atoms with van der Waals surface area (Å²) in [7, 11) is -3.66. The predicted molar refractivity (Wildman–Crippen MR) is 81.8 cm³/mol. The number of hydrogen-bond acceptors (Lipinski definition) is 6. The molecule has 6 nitrogen and oxygen atoms in total. The molecule has 9 heteroatoms. The van der Waals surface area contributed by atoms with Gasteiger partial charge in [-0.1, -0.05) is 23.7 Å². The highest BCUT2D eigenvalue weighted by Crippen LogP contribution is 2.27. The molecule has 0 fully saturated rings. The van der Waals surface area contributed by atoms with E-state index in [-0.39, 0.29) is 10.0 Å². The first-order valence-corrected chi connectivity index (χ1v) is 8.52. The van der Waals surface area contributed by atoms with Gasteiger partial charge in [-0.2, -0.15) is 9.64 Å². The van der Waals surface area contributed by atoms with Crippen LogP contribution in [0.25, 0.3) is 0 Å². The number of nitrogens with two attached hydrogens (primary N) is 1. The summed E-state index contributed by atoms with van der Waals surface area (Å²) < 4.78 is 26.2. The summed E-state index contributed by atoms with van der Waals surface area (Å²) in [4.78, 5) is 0.0835. The molecule has 0 spiro atoms. The van der Waals surface area contributed by atoms with Crippen LogP contribution in [-0.4, -0.2) is 19.3 Å². The number of nitriles is 1. The first-order chi connectivity index (χ1) is 9.91. The standard InChI is InChI=1S/C12H11ClN4O2S2/c13-11-10(7-14)12(20-17-11)16-6-5-8-1-3-9(4-2-8)21(15,18)19/h1-4,16H,5-6H2,(H2,15,18,19). The van der Waals surface area contributed by atoms with Crippen LogP contribution in [0.1, 0.15) is 11.1 Å². The first kappa shape index (κ1) is 15.7. The number of aromatic nitrogens is 1. The molecule has 1 aromatic heterocycles. The van der Waals surface area contributed by atoms with Crippen LogP contribution in [-0.2, 0) is 16.4 Å². The SMILES string of the molecule is N#Cc1c(Cl)nsc1NCCc1ccc(S(N)(=O)=O)cc1. The largest absolute Gasteiger partial charge is 0.374 e. The molecule has 1 aromatic carbocycles. The lowest BCUT2D eigenvalue weighted by Crippen LogP contribution is -2.12. The Balaban J connectivity index is 1.96. The van der Waals surface area contributed by atoms with Gasteiger partial charge in [0, 0.05) is 6.54 Å². The number of halogens is 1. The molecular formula is C12H11ClN4O2S2. The van der Waals surface area contributed by atoms with Gasteiger partial charge >= 0.3 is 0 Å². The molecule has 2 rings (SSSR count). The minimum absolute atomic E-state index is 0.0835. The zero-order chi connectivity index (χ0) is 15.5. The van der Waals surface area contributed by atoms with Crippen molar-refractivity contribution in [2.24, 2.45) is 5.14 Å². The number of nitrogens with zero attached hydrogens (tertiary/aromatic N) is 2. The second kappa shape index (κ2) is 6.41. The van der Waals surface area contributed by atoms with E-state index in [0.717, 1.165) is 17.1 Å². The van der Waals surface area contributed by atoms with E-state index in [1.807, 2.05) is 6.07 Å². The van der Waals surface area contributed by atoms with Crippen molar-refractivity contribution in [2.75, 3.05) is 11.9 Å². The number of anilines is 1. The van der Waals surface area contributed by atoms with E-state index in [1.165, 1.54) is 12.1 Å². The van der Waals surface area contributed by atoms with Gasteiger partial charge < -0.3 is 5.32 Å². The molecule has 3 N–H and O–H groups in total. The molecule has 0 atom stereocenters. The van der Waals surface area contributed by atoms with Gasteiger partial charge in [-0.3, -0.25) is 0 Å². The maximum Gasteiger partial charge on any atom is 0.238 e. The number of sulfonamides is 1. The van der Waals surface area contributed by atoms with Crippen LogP contribution in [0.5, 0.6) is 0 Å². The van der Waals surface area contributed by atoms with Crippen molar-refractivity contribution in [1.82, 2.24) is 4.37 Å². The number of benzene rings is 1. The van der Waals surface area contributed by atoms with Gasteiger partial charge in [-0.05, 0) is 35.6 Å². The zero-order valence-electron chi connectivity index (χ0n) is 10.7. The van der Waals surface area contributed by atoms with E-state index in [1.54, 1.807) is 12.1 Å². The van der Waals surface area contributed by atoms with Gasteiger partial charge in [0.2, 0.25) is 10.0 Å². The molecule has 0 radical (unpaired) electrons. The average molecular weight is 343 g/mol. The van der Waals surface area contributed by atoms with Crippen molar-refractivity contribution in [3.05, 3.63) is 40.5 Å². The second-order valence-corrected chi connectivity index (χ2v) is 6.85. The molecule has 0 aliphatic heterocycles. The van der Waals surface area contributed by atoms with Crippen LogP contribution in [0.2, 0.25) is 5.15 Å². The summed E-state index contributed by atoms with van der Waals surface area (Å²) in [6.45, 7) is 0.571. The molecule has 0 saturated heterocycles. The van der Waals surface area contributed by atoms with Crippen LogP contribution >= 0.6 is 23.1 Å². The Morgan fingerprint density at radius 2 is 2.05 bits per heavy atom. The lowest BCUT2D eigenvalue weighted by Gasteiger charge is -2.05. The highest BCUT2D eigenvalue weighted by molar-refractivity contribution is 7.89. The van der Waals surface area contributed by atoms with E-state index in [0.29, 0.717) is 23.5 Å². The summed E-state index contributed by atoms with van der Waals surface area (Å²) in [5, 5.41) is 17.9. The van der Waals surface area contributed by atoms with Crippen molar-refractivity contribution in [2.45, 2.75) is 11.3 Å². The summed E-state index contributed by atoms with van der Waals surface area (Å²) in [5.74, 6) is 0. The maximum atomic E-state index is 11.1. The fourth-order valence-corrected chi connectivity index (χ4v) is 3.13. The third-order valence-corrected chi connectivity index (χ3v) is 4.82. The lowest BCUT2D eigenvalue weighted by molar-refractivity contribution is 0.598. The van der Waals surface area contributed by atoms with Gasteiger partial charge in [0.1, 0.15) is 16.6 Å². The summed E-state index contributed by atoms with van der Waals surface area (Å²) >= 11 is 6.90. The Morgan fingerprint density at radius 3 is 2.62 bits per heavy atom. The molecule has 0 saturated carbocycles. The molecule has 0 unspecified atom stereocenters. The maximum absolute atomic E-state index is 11.1. The van der Waals surface area contributed by atoms with Crippen molar-refractivity contribution >= 4 is 38.2 Å². The van der Waals surface area contributed by atoms with E-state index >= 15 is 0 Å². The van der Waals surface area contributed by atoms with E-state index in [2.05, 4.69) is 9.69 Å². The van der Waals surface area contributed by atoms with E-state index in [9.17, 15) is 8.42 Å². The molecule has 0 aliphatic rings. The smallest absolute Gasteiger partial charge is 0.238 e. The monoisotopic (exact) mass is 342 g/mol. The molecule has 21 heavy (non-hydrogen) atoms. The minimum atomic E-state index is -3.66. The van der Waals surface area contributed by atoms with Crippen molar-refractivity contribution in [3.63, 3.8) is 0 Å². The van der Waals surface area contributed by atoms with Crippen LogP contribution < -0.4 is 10.5 Å². The van der Waals surface area contributed by atoms with E-state index < -0.39 is 10.0 Å². The van der Waals surface area contributed by atoms with Crippen LogP contribution in [0.15, 0.2) is 29.2 Å². The Kier molecular flexibility index (Phi) is 4.80. The predicted octanol–water partition coefficient (Wildman–Crippen LogP) is 1.97. The highest BCUT2D eigenvalue weighted by Gasteiger charge is 2.11. The average Bonchev–Trinajstić information content (AvgIpc) is 2.79. The first-order valence-electron chi connectivity index (χ1n) is 5.82. The van der Waals surface area contributed by atoms with Crippen molar-refractivity contribution < 1.29 is 8.42 Å². The van der Waals surface area contributed by atoms with Gasteiger partial charge in [-0.25, -0.2) is 13.6 Å². The normalized spacial score (nSPS) is 11.1. The fraction of sp³-hybridized carbons (Fsp3) is 0.167. The van der Waals surface area contributed by atoms with Gasteiger partial charge in [0.15, 0.2) is 5.15 Å². The third kappa shape index (κ3) is 3.92. The van der Waals surface area contributed by atoms with E-state index in [4.69, 9.17) is 22.0 Å². The molecule has 0 aliphatic carbocycles. The lowest BCUT2D eigenvalue weighted by atomic mass is 10.1. The van der Waals surface area contributed by atoms with Crippen LogP contribution in [0.4, 0.5) is 5.00 Å². The Hall–Kier alpha value is -1.66. The zero-order valence-corrected chi connectivity index (χ0v) is 13.1. The van der Waals surface area contributed by atoms with Gasteiger partial charge in [0.25, 0.3) is 0 Å². The molecule has 2 aromatic rings. The molecule has 1 heterocycles. The third-order valence-electron chi connectivity index (χ3n) is 2.71. The van der Waals surface area contributed by atoms with Gasteiger partial charge in [-0.15, -0.1) is 0 Å². The highest BCUT2D eigenvalue weighted by atomic mass is 35.5. The van der Waals surface area contributed by atoms with Gasteiger partial charge in [0.05, 0.1) is 4.90 Å². The topological polar surface area (TPSA) is 109 Å². The quantitative estimate of drug-likeness (QED) is 0.863. The second-order valence-electron chi connectivity index (χ2n) is 4.16. The fourth-order valence-electron chi connectivity index (χ4n) is 1.65. The molecular weight excluding hydrogens is 332 g/mol. The number of hydrogen-bond donors (Lipinski definition) is 2.